The SMILES string of the molecule is COC(=O)N[C@H](C(=O)N1CCC[C@H]1c1ncc(-c2ccc3cc(-c4ccc(-c5cnc([C@@H]6CCCN6C(=O)OC(C)(C)C)[nH]5)cc4)ccc3c2)[nH]1)C(C)C.COC(=O)N[C@H](C(=O)N1CCC[C@H]1c1ncc(-c2ccc3cc(-c4ccc(-c5cnc([C@@H]6CCCN6C(=O)[C@@H](Cc6cn(C)c7ccccc67)NC(=O)OC)[nH]5)cc4)ccc3c2)[nH]1)C(C)C. The van der Waals surface area contributed by atoms with Crippen LogP contribution in [0.3, 0.4) is 0 Å². The van der Waals surface area contributed by atoms with Crippen LogP contribution in [0.15, 0.2) is 177 Å². The maximum atomic E-state index is 14.3. The van der Waals surface area contributed by atoms with E-state index in [-0.39, 0.29) is 59.8 Å². The first kappa shape index (κ1) is 82.0. The van der Waals surface area contributed by atoms with Crippen LogP contribution in [-0.4, -0.2) is 177 Å². The number of alkyl carbamates (subject to hydrolysis) is 3. The van der Waals surface area contributed by atoms with Gasteiger partial charge >= 0.3 is 24.4 Å². The van der Waals surface area contributed by atoms with Crippen molar-refractivity contribution < 1.29 is 52.5 Å². The lowest BCUT2D eigenvalue weighted by molar-refractivity contribution is -0.136. The number of imidazole rings is 4. The Bertz CT molecular complexity index is 5750. The van der Waals surface area contributed by atoms with Crippen LogP contribution < -0.4 is 16.0 Å². The number of rotatable bonds is 20. The van der Waals surface area contributed by atoms with Crippen molar-refractivity contribution in [2.24, 2.45) is 18.9 Å². The molecule has 7 aromatic carbocycles. The topological polar surface area (TPSA) is 325 Å². The Kier molecular flexibility index (Phi) is 24.1. The summed E-state index contributed by atoms with van der Waals surface area (Å²) in [6.07, 6.45) is 14.0. The number of ether oxygens (including phenoxy) is 4. The molecule has 4 aliphatic rings. The standard InChI is InChI=1S/C51H55N9O6.C42H49N7O5/c1-30(2)45(57-51(64)66-5)49(62)60-23-9-13-44(60)47-53-28-41(55-47)36-21-20-34-24-33(18-19-35(34)25-36)31-14-16-32(17-15-31)40-27-52-46(54-40)43-12-8-22-59(43)48(61)39(56-50(63)65-4)26-37-29-58(3)42-11-7-6-10-38(37)42;1-25(2)36(47-40(51)53-6)39(50)48-19-7-9-34(48)37-44-24-33(46-37)31-18-17-29-21-28(15-16-30(29)22-31)26-11-13-27(14-12-26)32-23-43-38(45-32)35-10-8-20-49(35)41(52)54-42(3,4)5/h6-7,10-11,14-21,24-25,27-30,39,43-45H,8-9,12-13,22-23,26H2,1-5H3,(H,52,54)(H,53,55)(H,56,63)(H,57,64);11-18,21-25,34-36H,7-10,19-20H2,1-6H3,(H,43,45)(H,44,46)(H,47,51)/t39-,43+,44+,45+;34-,35-,36-/m10/s1. The average molecular weight is 1620 g/mol. The van der Waals surface area contributed by atoms with Crippen molar-refractivity contribution in [1.29, 1.82) is 0 Å². The molecule has 9 heterocycles. The van der Waals surface area contributed by atoms with Gasteiger partial charge in [-0.15, -0.1) is 0 Å². The van der Waals surface area contributed by atoms with E-state index in [4.69, 9.17) is 33.9 Å². The van der Waals surface area contributed by atoms with Crippen LogP contribution in [0.2, 0.25) is 0 Å². The summed E-state index contributed by atoms with van der Waals surface area (Å²) in [7, 11) is 5.87. The molecule has 4 fully saturated rings. The molecule has 0 aliphatic carbocycles. The monoisotopic (exact) mass is 1620 g/mol. The van der Waals surface area contributed by atoms with E-state index in [1.165, 1.54) is 21.3 Å². The van der Waals surface area contributed by atoms with Crippen molar-refractivity contribution in [1.82, 2.24) is 80.0 Å². The minimum absolute atomic E-state index is 0.0963. The highest BCUT2D eigenvalue weighted by Crippen LogP contribution is 2.40. The molecule has 0 radical (unpaired) electrons. The van der Waals surface area contributed by atoms with Crippen LogP contribution in [0.5, 0.6) is 0 Å². The number of carbonyl (C=O) groups is 7. The molecular weight excluding hydrogens is 1520 g/mol. The molecule has 7 atom stereocenters. The molecule has 12 aromatic rings. The average Bonchev–Trinajstić information content (AvgIpc) is 1.40. The summed E-state index contributed by atoms with van der Waals surface area (Å²) in [5.74, 6) is 2.30. The van der Waals surface area contributed by atoms with Gasteiger partial charge in [0, 0.05) is 67.9 Å². The number of aryl methyl sites for hydroxylation is 1. The number of amides is 7. The Morgan fingerprint density at radius 3 is 1.15 bits per heavy atom. The van der Waals surface area contributed by atoms with Gasteiger partial charge in [-0.2, -0.15) is 0 Å². The van der Waals surface area contributed by atoms with Crippen molar-refractivity contribution in [2.45, 2.75) is 154 Å². The normalized spacial score (nSPS) is 17.5. The minimum Gasteiger partial charge on any atom is -0.453 e. The summed E-state index contributed by atoms with van der Waals surface area (Å²) >= 11 is 0. The van der Waals surface area contributed by atoms with Crippen LogP contribution in [0.4, 0.5) is 19.2 Å². The van der Waals surface area contributed by atoms with Crippen LogP contribution in [0.25, 0.3) is 99.7 Å². The second-order valence-corrected chi connectivity index (χ2v) is 33.2. The van der Waals surface area contributed by atoms with Gasteiger partial charge in [0.2, 0.25) is 17.7 Å². The molecular formula is C93H104N16O11. The first-order valence-corrected chi connectivity index (χ1v) is 41.3. The third-order valence-corrected chi connectivity index (χ3v) is 23.5. The Morgan fingerprint density at radius 2 is 0.758 bits per heavy atom. The number of methoxy groups -OCH3 is 3. The minimum atomic E-state index is -0.816. The third kappa shape index (κ3) is 17.7. The van der Waals surface area contributed by atoms with Gasteiger partial charge in [0.25, 0.3) is 0 Å². The highest BCUT2D eigenvalue weighted by molar-refractivity contribution is 5.94. The molecule has 0 spiro atoms. The van der Waals surface area contributed by atoms with Crippen LogP contribution in [0.1, 0.15) is 153 Å². The molecule has 27 nitrogen and oxygen atoms in total. The molecule has 5 aromatic heterocycles. The van der Waals surface area contributed by atoms with E-state index in [0.717, 1.165) is 174 Å². The second kappa shape index (κ2) is 35.2. The number of hydrogen-bond donors (Lipinski definition) is 7. The van der Waals surface area contributed by atoms with Gasteiger partial charge in [-0.1, -0.05) is 143 Å². The number of aromatic amines is 4. The highest BCUT2D eigenvalue weighted by atomic mass is 16.6. The number of benzene rings is 7. The van der Waals surface area contributed by atoms with Crippen molar-refractivity contribution in [3.63, 3.8) is 0 Å². The summed E-state index contributed by atoms with van der Waals surface area (Å²) in [5, 5.41) is 13.7. The predicted octanol–water partition coefficient (Wildman–Crippen LogP) is 16.9. The number of nitrogens with zero attached hydrogens (tertiary/aromatic N) is 9. The van der Waals surface area contributed by atoms with Gasteiger partial charge in [0.05, 0.1) is 93.1 Å². The maximum absolute atomic E-state index is 14.3. The fourth-order valence-electron chi connectivity index (χ4n) is 17.2. The van der Waals surface area contributed by atoms with Gasteiger partial charge in [-0.3, -0.25) is 19.3 Å². The fourth-order valence-corrected chi connectivity index (χ4v) is 17.2. The van der Waals surface area contributed by atoms with Gasteiger partial charge in [-0.05, 0) is 175 Å². The van der Waals surface area contributed by atoms with E-state index in [9.17, 15) is 33.6 Å². The maximum Gasteiger partial charge on any atom is 0.410 e. The van der Waals surface area contributed by atoms with Crippen molar-refractivity contribution in [2.75, 3.05) is 47.5 Å². The zero-order valence-corrected chi connectivity index (χ0v) is 69.6. The van der Waals surface area contributed by atoms with E-state index in [1.54, 1.807) is 4.90 Å². The molecule has 7 amide bonds. The van der Waals surface area contributed by atoms with Crippen LogP contribution in [0, 0.1) is 11.8 Å². The van der Waals surface area contributed by atoms with E-state index in [0.29, 0.717) is 38.4 Å². The van der Waals surface area contributed by atoms with Gasteiger partial charge in [0.15, 0.2) is 0 Å². The quantitative estimate of drug-likeness (QED) is 0.0349. The number of likely N-dealkylation sites (tertiary alicyclic amines) is 4. The highest BCUT2D eigenvalue weighted by Gasteiger charge is 2.42. The number of nitrogens with one attached hydrogen (secondary N) is 7. The van der Waals surface area contributed by atoms with Crippen LogP contribution in [-0.2, 0) is 46.8 Å². The smallest absolute Gasteiger partial charge is 0.410 e. The molecule has 4 aliphatic heterocycles. The number of aromatic nitrogens is 9. The largest absolute Gasteiger partial charge is 0.453 e. The van der Waals surface area contributed by atoms with E-state index < -0.39 is 42.0 Å². The first-order valence-electron chi connectivity index (χ1n) is 41.3. The Morgan fingerprint density at radius 1 is 0.425 bits per heavy atom. The lowest BCUT2D eigenvalue weighted by Gasteiger charge is -2.30. The zero-order chi connectivity index (χ0) is 84.2. The number of carbonyl (C=O) groups excluding carboxylic acids is 7. The Labute approximate surface area is 696 Å². The van der Waals surface area contributed by atoms with E-state index >= 15 is 0 Å². The summed E-state index contributed by atoms with van der Waals surface area (Å²) in [5.41, 5.74) is 13.3. The van der Waals surface area contributed by atoms with Gasteiger partial charge < -0.3 is 74.1 Å². The van der Waals surface area contributed by atoms with Crippen molar-refractivity contribution >= 4 is 74.5 Å². The Balaban J connectivity index is 0.000000191. The van der Waals surface area contributed by atoms with Gasteiger partial charge in [0.1, 0.15) is 47.0 Å². The lowest BCUT2D eigenvalue weighted by atomic mass is 9.98. The summed E-state index contributed by atoms with van der Waals surface area (Å²) in [4.78, 5) is 131. The zero-order valence-electron chi connectivity index (χ0n) is 69.6. The van der Waals surface area contributed by atoms with Crippen LogP contribution >= 0.6 is 0 Å². The predicted molar refractivity (Wildman–Crippen MR) is 459 cm³/mol. The summed E-state index contributed by atoms with van der Waals surface area (Å²) in [6.45, 7) is 15.7. The number of para-hydroxylation sites is 1. The molecule has 0 bridgehead atoms. The van der Waals surface area contributed by atoms with E-state index in [1.807, 2.05) is 130 Å². The molecule has 27 heteroatoms. The molecule has 120 heavy (non-hydrogen) atoms. The van der Waals surface area contributed by atoms with Crippen molar-refractivity contribution in [3.8, 4) is 67.3 Å². The first-order chi connectivity index (χ1) is 57.9. The number of H-pyrrole nitrogens is 4. The molecule has 0 unspecified atom stereocenters. The fraction of sp³-hybridized carbons (Fsp3) is 0.366. The van der Waals surface area contributed by atoms with Gasteiger partial charge in [-0.25, -0.2) is 39.1 Å². The second-order valence-electron chi connectivity index (χ2n) is 33.2. The lowest BCUT2D eigenvalue weighted by Crippen LogP contribution is -2.51. The molecule has 16 rings (SSSR count). The third-order valence-electron chi connectivity index (χ3n) is 23.5. The summed E-state index contributed by atoms with van der Waals surface area (Å²) in [6, 6.07) is 47.4. The van der Waals surface area contributed by atoms with E-state index in [2.05, 4.69) is 162 Å². The number of hydrogen-bond acceptors (Lipinski definition) is 15. The molecule has 622 valence electrons. The number of fused-ring (bicyclic) bond motifs is 3. The Hall–Kier alpha value is -13.1. The molecule has 7 N–H and O–H groups in total. The molecule has 4 saturated heterocycles. The van der Waals surface area contributed by atoms with Crippen molar-refractivity contribution in [3.05, 3.63) is 205 Å². The molecule has 0 saturated carbocycles. The summed E-state index contributed by atoms with van der Waals surface area (Å²) < 4.78 is 22.2.